The second-order valence-corrected chi connectivity index (χ2v) is 12.9. The maximum Gasteiger partial charge on any atom is 0.319 e. The van der Waals surface area contributed by atoms with Crippen LogP contribution in [0.25, 0.3) is 32.9 Å². The number of fused-ring (bicyclic) bond motifs is 4. The van der Waals surface area contributed by atoms with Crippen LogP contribution in [-0.2, 0) is 4.74 Å². The van der Waals surface area contributed by atoms with E-state index in [0.29, 0.717) is 70.8 Å². The van der Waals surface area contributed by atoms with E-state index >= 15 is 4.39 Å². The summed E-state index contributed by atoms with van der Waals surface area (Å²) in [6.45, 7) is 9.81. The van der Waals surface area contributed by atoms with E-state index in [1.807, 2.05) is 11.8 Å². The van der Waals surface area contributed by atoms with Gasteiger partial charge >= 0.3 is 6.01 Å². The second-order valence-electron chi connectivity index (χ2n) is 12.9. The molecule has 4 aliphatic rings. The van der Waals surface area contributed by atoms with Gasteiger partial charge in [-0.15, -0.1) is 6.42 Å². The Labute approximate surface area is 260 Å². The van der Waals surface area contributed by atoms with Crippen molar-refractivity contribution < 1.29 is 18.3 Å². The summed E-state index contributed by atoms with van der Waals surface area (Å²) in [4.78, 5) is 19.1. The van der Waals surface area contributed by atoms with Crippen LogP contribution in [0.3, 0.4) is 0 Å². The average Bonchev–Trinajstić information content (AvgIpc) is 3.43. The number of alkyl halides is 1. The number of hydrogen-bond acceptors (Lipinski definition) is 8. The van der Waals surface area contributed by atoms with Crippen LogP contribution in [0, 0.1) is 31.0 Å². The smallest absolute Gasteiger partial charge is 0.319 e. The van der Waals surface area contributed by atoms with E-state index in [0.717, 1.165) is 37.9 Å². The van der Waals surface area contributed by atoms with Crippen LogP contribution in [0.5, 0.6) is 6.01 Å². The fraction of sp³-hybridized carbons (Fsp3) is 0.400. The monoisotopic (exact) mass is 608 g/mol. The fourth-order valence-corrected chi connectivity index (χ4v) is 7.86. The van der Waals surface area contributed by atoms with Crippen LogP contribution in [0.1, 0.15) is 30.4 Å². The van der Waals surface area contributed by atoms with Gasteiger partial charge in [-0.1, -0.05) is 24.1 Å². The largest absolute Gasteiger partial charge is 0.461 e. The minimum atomic E-state index is -1.00. The predicted octanol–water partition coefficient (Wildman–Crippen LogP) is 5.20. The Morgan fingerprint density at radius 2 is 2.13 bits per heavy atom. The molecule has 0 bridgehead atoms. The molecule has 2 aromatic heterocycles. The minimum absolute atomic E-state index is 0.119. The molecule has 5 heterocycles. The summed E-state index contributed by atoms with van der Waals surface area (Å²) >= 11 is 0. The van der Waals surface area contributed by atoms with E-state index in [4.69, 9.17) is 36.6 Å². The normalized spacial score (nSPS) is 26.1. The summed E-state index contributed by atoms with van der Waals surface area (Å²) in [5.41, 5.74) is 10.6. The summed E-state index contributed by atoms with van der Waals surface area (Å²) < 4.78 is 42.1. The van der Waals surface area contributed by atoms with Gasteiger partial charge in [-0.3, -0.25) is 9.88 Å². The maximum atomic E-state index is 15.0. The Balaban J connectivity index is 1.29. The molecule has 3 aliphatic heterocycles. The molecule has 4 fully saturated rings. The van der Waals surface area contributed by atoms with Crippen LogP contribution in [-0.4, -0.2) is 77.1 Å². The molecule has 0 spiro atoms. The van der Waals surface area contributed by atoms with E-state index < -0.39 is 12.0 Å². The van der Waals surface area contributed by atoms with Crippen molar-refractivity contribution in [2.75, 3.05) is 50.1 Å². The summed E-state index contributed by atoms with van der Waals surface area (Å²) in [5.74, 6) is 2.39. The standard InChI is InChI=1S/C35H34F2N6O2/c1-4-23-27(36)7-6-21-12-22(38)13-24(28(21)23)30-20(3)31-25(15-39-30)33(43-10-11-44-17-26-29(37)32(26)43)41-34(40-31)45-18-35-8-5-9-42(35)16-19(2)14-35/h1,6-7,12-13,15,26,29,32H,2,5,8-11,14,16-18,38H2,3H3/t26-,29-,32-,35-/m0/s1. The molecule has 3 saturated heterocycles. The number of halogens is 2. The number of nitrogens with zero attached hydrogens (tertiary/aromatic N) is 5. The van der Waals surface area contributed by atoms with Gasteiger partial charge in [-0.25, -0.2) is 8.78 Å². The number of nitrogen functional groups attached to an aromatic ring is 1. The van der Waals surface area contributed by atoms with Gasteiger partial charge in [0.05, 0.1) is 47.0 Å². The van der Waals surface area contributed by atoms with Gasteiger partial charge in [0.1, 0.15) is 24.4 Å². The molecule has 0 amide bonds. The Bertz CT molecular complexity index is 1940. The third-order valence-corrected chi connectivity index (χ3v) is 10.1. The van der Waals surface area contributed by atoms with Crippen molar-refractivity contribution in [1.29, 1.82) is 0 Å². The van der Waals surface area contributed by atoms with Crippen molar-refractivity contribution in [2.45, 2.75) is 43.9 Å². The van der Waals surface area contributed by atoms with Gasteiger partial charge in [0.15, 0.2) is 0 Å². The number of benzene rings is 2. The zero-order valence-corrected chi connectivity index (χ0v) is 25.2. The summed E-state index contributed by atoms with van der Waals surface area (Å²) in [5, 5.41) is 1.94. The van der Waals surface area contributed by atoms with Crippen molar-refractivity contribution in [3.8, 4) is 29.6 Å². The third kappa shape index (κ3) is 4.43. The Kier molecular flexibility index (Phi) is 6.48. The number of pyridine rings is 1. The van der Waals surface area contributed by atoms with Crippen LogP contribution in [0.4, 0.5) is 20.3 Å². The Morgan fingerprint density at radius 1 is 1.27 bits per heavy atom. The fourth-order valence-electron chi connectivity index (χ4n) is 7.86. The van der Waals surface area contributed by atoms with Crippen molar-refractivity contribution in [1.82, 2.24) is 19.9 Å². The third-order valence-electron chi connectivity index (χ3n) is 10.1. The van der Waals surface area contributed by atoms with Crippen molar-refractivity contribution in [3.05, 3.63) is 59.6 Å². The lowest BCUT2D eigenvalue weighted by Gasteiger charge is -2.31. The molecular formula is C35H34F2N6O2. The lowest BCUT2D eigenvalue weighted by molar-refractivity contribution is 0.108. The average molecular weight is 609 g/mol. The van der Waals surface area contributed by atoms with Gasteiger partial charge in [-0.05, 0) is 56.3 Å². The highest BCUT2D eigenvalue weighted by atomic mass is 19.1. The Hall–Kier alpha value is -4.33. The lowest BCUT2D eigenvalue weighted by atomic mass is 9.94. The second kappa shape index (κ2) is 10.4. The highest BCUT2D eigenvalue weighted by Crippen LogP contribution is 2.46. The van der Waals surface area contributed by atoms with Gasteiger partial charge < -0.3 is 20.1 Å². The van der Waals surface area contributed by atoms with Crippen molar-refractivity contribution >= 4 is 33.2 Å². The summed E-state index contributed by atoms with van der Waals surface area (Å²) in [6, 6.07) is 6.44. The van der Waals surface area contributed by atoms with Crippen LogP contribution < -0.4 is 15.4 Å². The van der Waals surface area contributed by atoms with E-state index in [1.54, 1.807) is 24.4 Å². The molecule has 2 aromatic carbocycles. The molecule has 8 rings (SSSR count). The first-order chi connectivity index (χ1) is 21.8. The molecular weight excluding hydrogens is 574 g/mol. The molecule has 8 nitrogen and oxygen atoms in total. The SMILES string of the molecule is C#Cc1c(F)ccc2cc(N)cc(-c3ncc4c(N5CCOC[C@H]6[C@H](F)[C@H]65)nc(OC[C@@]56CCCN5CC(=C)C6)nc4c3C)c12. The lowest BCUT2D eigenvalue weighted by Crippen LogP contribution is -2.43. The highest BCUT2D eigenvalue weighted by molar-refractivity contribution is 6.04. The first kappa shape index (κ1) is 28.2. The molecule has 230 valence electrons. The molecule has 2 N–H and O–H groups in total. The van der Waals surface area contributed by atoms with E-state index in [-0.39, 0.29) is 29.1 Å². The molecule has 4 atom stereocenters. The van der Waals surface area contributed by atoms with Gasteiger partial charge in [0.2, 0.25) is 0 Å². The molecule has 1 aliphatic carbocycles. The summed E-state index contributed by atoms with van der Waals surface area (Å²) in [6.07, 6.45) is 9.50. The topological polar surface area (TPSA) is 89.6 Å². The van der Waals surface area contributed by atoms with Gasteiger partial charge in [0, 0.05) is 47.4 Å². The number of hydrogen-bond donors (Lipinski definition) is 1. The zero-order valence-electron chi connectivity index (χ0n) is 25.2. The van der Waals surface area contributed by atoms with Gasteiger partial charge in [-0.2, -0.15) is 9.97 Å². The van der Waals surface area contributed by atoms with Crippen molar-refractivity contribution in [3.63, 3.8) is 0 Å². The Morgan fingerprint density at radius 3 is 2.98 bits per heavy atom. The highest BCUT2D eigenvalue weighted by Gasteiger charge is 2.56. The molecule has 0 unspecified atom stereocenters. The van der Waals surface area contributed by atoms with E-state index in [1.165, 1.54) is 11.6 Å². The number of rotatable bonds is 5. The number of terminal acetylenes is 1. The summed E-state index contributed by atoms with van der Waals surface area (Å²) in [7, 11) is 0. The first-order valence-corrected chi connectivity index (χ1v) is 15.5. The molecule has 1 saturated carbocycles. The van der Waals surface area contributed by atoms with Crippen LogP contribution in [0.2, 0.25) is 0 Å². The number of anilines is 2. The minimum Gasteiger partial charge on any atom is -0.461 e. The number of aromatic nitrogens is 3. The number of aryl methyl sites for hydroxylation is 1. The molecule has 0 radical (unpaired) electrons. The van der Waals surface area contributed by atoms with Crippen LogP contribution in [0.15, 0.2) is 42.6 Å². The van der Waals surface area contributed by atoms with Crippen LogP contribution >= 0.6 is 0 Å². The number of ether oxygens (including phenoxy) is 2. The van der Waals surface area contributed by atoms with Crippen molar-refractivity contribution in [2.24, 2.45) is 5.92 Å². The zero-order chi connectivity index (χ0) is 31.0. The predicted molar refractivity (Wildman–Crippen MR) is 170 cm³/mol. The molecule has 4 aromatic rings. The molecule has 45 heavy (non-hydrogen) atoms. The van der Waals surface area contributed by atoms with E-state index in [9.17, 15) is 4.39 Å². The van der Waals surface area contributed by atoms with E-state index in [2.05, 4.69) is 17.4 Å². The van der Waals surface area contributed by atoms with Gasteiger partial charge in [0.25, 0.3) is 0 Å². The molecule has 10 heteroatoms. The number of nitrogens with two attached hydrogens (primary N) is 1. The maximum absolute atomic E-state index is 15.0. The quantitative estimate of drug-likeness (QED) is 0.188. The first-order valence-electron chi connectivity index (χ1n) is 15.5.